The zero-order valence-corrected chi connectivity index (χ0v) is 13.9. The molecule has 126 valence electrons. The normalized spacial score (nSPS) is 16.1. The van der Waals surface area contributed by atoms with Crippen LogP contribution in [-0.4, -0.2) is 52.2 Å². The van der Waals surface area contributed by atoms with E-state index in [1.165, 1.54) is 12.1 Å². The van der Waals surface area contributed by atoms with Crippen LogP contribution in [0.3, 0.4) is 0 Å². The first-order valence-corrected chi connectivity index (χ1v) is 10.1. The molecule has 1 fully saturated rings. The molecule has 0 unspecified atom stereocenters. The Hall–Kier alpha value is -1.85. The third kappa shape index (κ3) is 4.33. The summed E-state index contributed by atoms with van der Waals surface area (Å²) in [5.41, 5.74) is 0. The molecule has 2 rings (SSSR count). The number of amides is 2. The van der Waals surface area contributed by atoms with Gasteiger partial charge in [-0.25, -0.2) is 31.4 Å². The summed E-state index contributed by atoms with van der Waals surface area (Å²) in [6, 6.07) is 2.45. The highest BCUT2D eigenvalue weighted by molar-refractivity contribution is 7.91. The molecular formula is C12H15N3O6S2. The Morgan fingerprint density at radius 1 is 1.13 bits per heavy atom. The van der Waals surface area contributed by atoms with Crippen molar-refractivity contribution in [3.63, 3.8) is 0 Å². The van der Waals surface area contributed by atoms with Crippen LogP contribution in [0.4, 0.5) is 5.82 Å². The van der Waals surface area contributed by atoms with Crippen LogP contribution in [0.25, 0.3) is 0 Å². The summed E-state index contributed by atoms with van der Waals surface area (Å²) in [5.74, 6) is -1.03. The molecule has 0 radical (unpaired) electrons. The van der Waals surface area contributed by atoms with Gasteiger partial charge in [0.2, 0.25) is 21.8 Å². The Morgan fingerprint density at radius 2 is 1.74 bits per heavy atom. The van der Waals surface area contributed by atoms with Crippen LogP contribution in [0.2, 0.25) is 0 Å². The highest BCUT2D eigenvalue weighted by atomic mass is 32.2. The first-order valence-electron chi connectivity index (χ1n) is 6.59. The highest BCUT2D eigenvalue weighted by Gasteiger charge is 2.31. The number of imide groups is 1. The number of nitrogens with zero attached hydrogens (tertiary/aromatic N) is 2. The fourth-order valence-electron chi connectivity index (χ4n) is 1.94. The summed E-state index contributed by atoms with van der Waals surface area (Å²) in [5, 5.41) is 0. The first kappa shape index (κ1) is 17.5. The third-order valence-electron chi connectivity index (χ3n) is 3.08. The van der Waals surface area contributed by atoms with Crippen LogP contribution >= 0.6 is 0 Å². The van der Waals surface area contributed by atoms with Crippen LogP contribution in [-0.2, 0) is 29.4 Å². The van der Waals surface area contributed by atoms with E-state index in [1.54, 1.807) is 0 Å². The monoisotopic (exact) mass is 361 g/mol. The second-order valence-corrected chi connectivity index (χ2v) is 9.03. The van der Waals surface area contributed by atoms with Crippen molar-refractivity contribution in [2.45, 2.75) is 17.7 Å². The Balaban J connectivity index is 2.12. The van der Waals surface area contributed by atoms with Crippen molar-refractivity contribution in [1.29, 1.82) is 0 Å². The molecule has 0 aliphatic carbocycles. The van der Waals surface area contributed by atoms with Gasteiger partial charge < -0.3 is 0 Å². The molecule has 1 saturated heterocycles. The van der Waals surface area contributed by atoms with E-state index in [1.807, 2.05) is 0 Å². The quantitative estimate of drug-likeness (QED) is 0.647. The Morgan fingerprint density at radius 3 is 2.22 bits per heavy atom. The molecule has 9 nitrogen and oxygen atoms in total. The molecule has 0 aromatic carbocycles. The summed E-state index contributed by atoms with van der Waals surface area (Å²) in [6.07, 6.45) is 2.22. The van der Waals surface area contributed by atoms with Crippen LogP contribution < -0.4 is 9.62 Å². The standard InChI is InChI=1S/C12H15N3O6S2/c1-22(18,19)7-6-14-23(20,21)9-2-3-10(13-8-9)15-11(16)4-5-12(15)17/h2-3,8,14H,4-7H2,1H3. The Bertz CT molecular complexity index is 814. The Labute approximate surface area is 133 Å². The molecule has 1 N–H and O–H groups in total. The minimum Gasteiger partial charge on any atom is -0.274 e. The predicted molar refractivity (Wildman–Crippen MR) is 80.9 cm³/mol. The number of carbonyl (C=O) groups is 2. The lowest BCUT2D eigenvalue weighted by atomic mass is 10.4. The number of sulfone groups is 1. The molecule has 1 aliphatic rings. The lowest BCUT2D eigenvalue weighted by Crippen LogP contribution is -2.30. The van der Waals surface area contributed by atoms with Crippen molar-refractivity contribution in [3.8, 4) is 0 Å². The van der Waals surface area contributed by atoms with Crippen LogP contribution in [0, 0.1) is 0 Å². The van der Waals surface area contributed by atoms with Gasteiger partial charge in [-0.2, -0.15) is 0 Å². The molecule has 0 bridgehead atoms. The molecule has 11 heteroatoms. The summed E-state index contributed by atoms with van der Waals surface area (Å²) in [4.78, 5) is 27.7. The number of carbonyl (C=O) groups excluding carboxylic acids is 2. The van der Waals surface area contributed by atoms with Crippen molar-refractivity contribution < 1.29 is 26.4 Å². The van der Waals surface area contributed by atoms with Gasteiger partial charge in [-0.05, 0) is 12.1 Å². The number of nitrogens with one attached hydrogen (secondary N) is 1. The van der Waals surface area contributed by atoms with Crippen molar-refractivity contribution in [1.82, 2.24) is 9.71 Å². The number of sulfonamides is 1. The molecule has 1 aromatic heterocycles. The minimum atomic E-state index is -3.92. The van der Waals surface area contributed by atoms with E-state index < -0.39 is 19.9 Å². The first-order chi connectivity index (χ1) is 10.6. The zero-order valence-electron chi connectivity index (χ0n) is 12.2. The fraction of sp³-hybridized carbons (Fsp3) is 0.417. The number of aromatic nitrogens is 1. The van der Waals surface area contributed by atoms with E-state index in [4.69, 9.17) is 0 Å². The third-order valence-corrected chi connectivity index (χ3v) is 5.47. The molecule has 1 aliphatic heterocycles. The number of hydrogen-bond donors (Lipinski definition) is 1. The van der Waals surface area contributed by atoms with Crippen molar-refractivity contribution >= 4 is 37.5 Å². The lowest BCUT2D eigenvalue weighted by Gasteiger charge is -2.13. The number of hydrogen-bond acceptors (Lipinski definition) is 7. The van der Waals surface area contributed by atoms with Gasteiger partial charge in [0.05, 0.1) is 5.75 Å². The zero-order chi connectivity index (χ0) is 17.3. The summed E-state index contributed by atoms with van der Waals surface area (Å²) >= 11 is 0. The topological polar surface area (TPSA) is 131 Å². The van der Waals surface area contributed by atoms with Crippen molar-refractivity contribution in [3.05, 3.63) is 18.3 Å². The largest absolute Gasteiger partial charge is 0.274 e. The summed E-state index contributed by atoms with van der Waals surface area (Å²) in [6.45, 7) is -0.258. The summed E-state index contributed by atoms with van der Waals surface area (Å²) in [7, 11) is -7.20. The molecular weight excluding hydrogens is 346 g/mol. The molecule has 23 heavy (non-hydrogen) atoms. The second-order valence-electron chi connectivity index (χ2n) is 5.00. The SMILES string of the molecule is CS(=O)(=O)CCNS(=O)(=O)c1ccc(N2C(=O)CCC2=O)nc1. The van der Waals surface area contributed by atoms with Gasteiger partial charge in [0.1, 0.15) is 20.6 Å². The smallest absolute Gasteiger partial charge is 0.242 e. The van der Waals surface area contributed by atoms with Gasteiger partial charge in [0, 0.05) is 31.8 Å². The number of anilines is 1. The maximum atomic E-state index is 12.0. The van der Waals surface area contributed by atoms with Gasteiger partial charge in [0.15, 0.2) is 0 Å². The molecule has 0 saturated carbocycles. The van der Waals surface area contributed by atoms with E-state index in [0.717, 1.165) is 17.4 Å². The predicted octanol–water partition coefficient (Wildman–Crippen LogP) is -0.942. The number of rotatable bonds is 6. The summed E-state index contributed by atoms with van der Waals surface area (Å²) < 4.78 is 48.1. The Kier molecular flexibility index (Phi) is 4.82. The van der Waals surface area contributed by atoms with Crippen LogP contribution in [0.1, 0.15) is 12.8 Å². The molecule has 0 atom stereocenters. The van der Waals surface area contributed by atoms with Crippen molar-refractivity contribution in [2.24, 2.45) is 0 Å². The van der Waals surface area contributed by atoms with E-state index >= 15 is 0 Å². The van der Waals surface area contributed by atoms with E-state index in [0.29, 0.717) is 0 Å². The average molecular weight is 361 g/mol. The average Bonchev–Trinajstić information content (AvgIpc) is 2.76. The van der Waals surface area contributed by atoms with Crippen LogP contribution in [0.5, 0.6) is 0 Å². The van der Waals surface area contributed by atoms with Crippen molar-refractivity contribution in [2.75, 3.05) is 23.5 Å². The van der Waals surface area contributed by atoms with Gasteiger partial charge in [0.25, 0.3) is 0 Å². The molecule has 1 aromatic rings. The van der Waals surface area contributed by atoms with Gasteiger partial charge in [-0.15, -0.1) is 0 Å². The fourth-order valence-corrected chi connectivity index (χ4v) is 3.52. The van der Waals surface area contributed by atoms with E-state index in [-0.39, 0.29) is 47.7 Å². The second kappa shape index (κ2) is 6.34. The van der Waals surface area contributed by atoms with Gasteiger partial charge in [-0.1, -0.05) is 0 Å². The maximum Gasteiger partial charge on any atom is 0.242 e. The van der Waals surface area contributed by atoms with E-state index in [9.17, 15) is 26.4 Å². The lowest BCUT2D eigenvalue weighted by molar-refractivity contribution is -0.121. The molecule has 0 spiro atoms. The highest BCUT2D eigenvalue weighted by Crippen LogP contribution is 2.21. The number of pyridine rings is 1. The van der Waals surface area contributed by atoms with Gasteiger partial charge >= 0.3 is 0 Å². The van der Waals surface area contributed by atoms with Gasteiger partial charge in [-0.3, -0.25) is 9.59 Å². The maximum absolute atomic E-state index is 12.0. The minimum absolute atomic E-state index is 0.0626. The molecule has 2 amide bonds. The molecule has 2 heterocycles. The van der Waals surface area contributed by atoms with E-state index in [2.05, 4.69) is 9.71 Å². The van der Waals surface area contributed by atoms with Crippen LogP contribution in [0.15, 0.2) is 23.2 Å².